The van der Waals surface area contributed by atoms with E-state index in [9.17, 15) is 13.2 Å². The maximum Gasteiger partial charge on any atom is 0.266 e. The molecule has 0 spiro atoms. The minimum absolute atomic E-state index is 0.223. The van der Waals surface area contributed by atoms with E-state index in [-0.39, 0.29) is 11.1 Å². The van der Waals surface area contributed by atoms with Crippen LogP contribution >= 0.6 is 0 Å². The molecule has 2 rings (SSSR count). The third-order valence-corrected chi connectivity index (χ3v) is 3.72. The Balaban J connectivity index is 2.30. The van der Waals surface area contributed by atoms with Gasteiger partial charge in [-0.1, -0.05) is 48.6 Å². The van der Waals surface area contributed by atoms with Crippen molar-refractivity contribution in [2.45, 2.75) is 33.1 Å². The Morgan fingerprint density at radius 2 is 1.73 bits per heavy atom. The number of halogens is 3. The zero-order chi connectivity index (χ0) is 16.1. The highest BCUT2D eigenvalue weighted by Crippen LogP contribution is 2.32. The van der Waals surface area contributed by atoms with Crippen molar-refractivity contribution in [1.82, 2.24) is 0 Å². The molecule has 0 unspecified atom stereocenters. The van der Waals surface area contributed by atoms with Gasteiger partial charge in [-0.05, 0) is 43.4 Å². The zero-order valence-corrected chi connectivity index (χ0v) is 12.7. The fourth-order valence-corrected chi connectivity index (χ4v) is 2.45. The zero-order valence-electron chi connectivity index (χ0n) is 12.7. The van der Waals surface area contributed by atoms with E-state index in [1.54, 1.807) is 24.3 Å². The second kappa shape index (κ2) is 7.30. The lowest BCUT2D eigenvalue weighted by Gasteiger charge is -2.11. The molecule has 0 saturated heterocycles. The standard InChI is InChI=1S/C19H19F3/c1-3-4-5-6-14-8-10-15(11-9-14)16-12-7-13(2)17(18(16)20)19(21)22/h3-4,7-12,19H,5-6H2,1-2H3. The second-order valence-corrected chi connectivity index (χ2v) is 5.26. The molecule has 0 heterocycles. The number of hydrogen-bond donors (Lipinski definition) is 0. The first kappa shape index (κ1) is 16.3. The van der Waals surface area contributed by atoms with E-state index in [4.69, 9.17) is 0 Å². The minimum atomic E-state index is -2.81. The fourth-order valence-electron chi connectivity index (χ4n) is 2.45. The van der Waals surface area contributed by atoms with E-state index >= 15 is 0 Å². The van der Waals surface area contributed by atoms with Crippen molar-refractivity contribution in [2.24, 2.45) is 0 Å². The lowest BCUT2D eigenvalue weighted by molar-refractivity contribution is 0.145. The van der Waals surface area contributed by atoms with Gasteiger partial charge in [0.1, 0.15) is 5.82 Å². The van der Waals surface area contributed by atoms with Crippen LogP contribution in [0.2, 0.25) is 0 Å². The first-order chi connectivity index (χ1) is 10.5. The van der Waals surface area contributed by atoms with E-state index in [1.807, 2.05) is 25.1 Å². The summed E-state index contributed by atoms with van der Waals surface area (Å²) in [5, 5.41) is 0. The Labute approximate surface area is 129 Å². The van der Waals surface area contributed by atoms with Gasteiger partial charge >= 0.3 is 0 Å². The van der Waals surface area contributed by atoms with Crippen LogP contribution < -0.4 is 0 Å². The summed E-state index contributed by atoms with van der Waals surface area (Å²) in [5.74, 6) is -0.823. The van der Waals surface area contributed by atoms with E-state index in [1.165, 1.54) is 6.92 Å². The number of benzene rings is 2. The number of allylic oxidation sites excluding steroid dienone is 2. The molecule has 0 N–H and O–H groups in total. The third kappa shape index (κ3) is 3.59. The van der Waals surface area contributed by atoms with Crippen molar-refractivity contribution in [3.8, 4) is 11.1 Å². The van der Waals surface area contributed by atoms with Crippen molar-refractivity contribution in [3.05, 3.63) is 71.1 Å². The lowest BCUT2D eigenvalue weighted by atomic mass is 9.97. The molecule has 0 aliphatic heterocycles. The van der Waals surface area contributed by atoms with Gasteiger partial charge in [-0.15, -0.1) is 0 Å². The van der Waals surface area contributed by atoms with Crippen LogP contribution in [-0.2, 0) is 6.42 Å². The van der Waals surface area contributed by atoms with E-state index < -0.39 is 17.8 Å². The summed E-state index contributed by atoms with van der Waals surface area (Å²) in [6.45, 7) is 3.47. The predicted molar refractivity (Wildman–Crippen MR) is 84.7 cm³/mol. The molecule has 0 saturated carbocycles. The molecule has 0 aliphatic carbocycles. The molecule has 2 aromatic rings. The van der Waals surface area contributed by atoms with Crippen molar-refractivity contribution >= 4 is 0 Å². The number of rotatable bonds is 5. The lowest BCUT2D eigenvalue weighted by Crippen LogP contribution is -1.98. The van der Waals surface area contributed by atoms with E-state index in [0.717, 1.165) is 18.4 Å². The molecule has 0 fully saturated rings. The fraction of sp³-hybridized carbons (Fsp3) is 0.263. The Morgan fingerprint density at radius 1 is 1.05 bits per heavy atom. The van der Waals surface area contributed by atoms with Crippen molar-refractivity contribution < 1.29 is 13.2 Å². The molecule has 0 aromatic heterocycles. The maximum atomic E-state index is 14.3. The third-order valence-electron chi connectivity index (χ3n) is 3.72. The van der Waals surface area contributed by atoms with Gasteiger partial charge in [0.05, 0.1) is 5.56 Å². The van der Waals surface area contributed by atoms with Crippen molar-refractivity contribution in [3.63, 3.8) is 0 Å². The molecule has 0 bridgehead atoms. The highest BCUT2D eigenvalue weighted by molar-refractivity contribution is 5.66. The van der Waals surface area contributed by atoms with Crippen molar-refractivity contribution in [1.29, 1.82) is 0 Å². The Kier molecular flexibility index (Phi) is 5.42. The van der Waals surface area contributed by atoms with Crippen LogP contribution in [0.4, 0.5) is 13.2 Å². The highest BCUT2D eigenvalue weighted by Gasteiger charge is 2.19. The molecule has 3 heteroatoms. The Bertz CT molecular complexity index is 655. The van der Waals surface area contributed by atoms with Gasteiger partial charge in [-0.3, -0.25) is 0 Å². The van der Waals surface area contributed by atoms with Gasteiger partial charge < -0.3 is 0 Å². The average molecular weight is 304 g/mol. The van der Waals surface area contributed by atoms with Crippen LogP contribution in [0.3, 0.4) is 0 Å². The molecule has 22 heavy (non-hydrogen) atoms. The van der Waals surface area contributed by atoms with Gasteiger partial charge in [0.25, 0.3) is 6.43 Å². The summed E-state index contributed by atoms with van der Waals surface area (Å²) in [5.41, 5.74) is 1.76. The van der Waals surface area contributed by atoms with E-state index in [0.29, 0.717) is 5.56 Å². The van der Waals surface area contributed by atoms with Gasteiger partial charge in [-0.25, -0.2) is 13.2 Å². The van der Waals surface area contributed by atoms with Crippen LogP contribution in [0.25, 0.3) is 11.1 Å². The van der Waals surface area contributed by atoms with Crippen LogP contribution in [0.15, 0.2) is 48.6 Å². The number of aryl methyl sites for hydroxylation is 2. The summed E-state index contributed by atoms with van der Waals surface area (Å²) >= 11 is 0. The summed E-state index contributed by atoms with van der Waals surface area (Å²) in [4.78, 5) is 0. The molecule has 0 aliphatic rings. The summed E-state index contributed by atoms with van der Waals surface area (Å²) in [6.07, 6.45) is 3.14. The monoisotopic (exact) mass is 304 g/mol. The topological polar surface area (TPSA) is 0 Å². The van der Waals surface area contributed by atoms with Crippen LogP contribution in [-0.4, -0.2) is 0 Å². The molecular weight excluding hydrogens is 285 g/mol. The number of hydrogen-bond acceptors (Lipinski definition) is 0. The summed E-state index contributed by atoms with van der Waals surface area (Å²) in [7, 11) is 0. The first-order valence-electron chi connectivity index (χ1n) is 7.32. The Morgan fingerprint density at radius 3 is 2.32 bits per heavy atom. The molecule has 0 atom stereocenters. The smallest absolute Gasteiger partial charge is 0.206 e. The quantitative estimate of drug-likeness (QED) is 0.573. The van der Waals surface area contributed by atoms with Crippen LogP contribution in [0.1, 0.15) is 36.5 Å². The molecule has 0 amide bonds. The van der Waals surface area contributed by atoms with Gasteiger partial charge in [-0.2, -0.15) is 0 Å². The normalized spacial score (nSPS) is 11.5. The molecule has 0 nitrogen and oxygen atoms in total. The number of alkyl halides is 2. The molecule has 116 valence electrons. The SMILES string of the molecule is CC=CCCc1ccc(-c2ccc(C)c(C(F)F)c2F)cc1. The Hall–Kier alpha value is -2.03. The first-order valence-corrected chi connectivity index (χ1v) is 7.32. The maximum absolute atomic E-state index is 14.3. The molecular formula is C19H19F3. The summed E-state index contributed by atoms with van der Waals surface area (Å²) < 4.78 is 40.3. The van der Waals surface area contributed by atoms with Gasteiger partial charge in [0.15, 0.2) is 0 Å². The van der Waals surface area contributed by atoms with Crippen LogP contribution in [0, 0.1) is 12.7 Å². The summed E-state index contributed by atoms with van der Waals surface area (Å²) in [6, 6.07) is 10.5. The predicted octanol–water partition coefficient (Wildman–Crippen LogP) is 6.25. The molecule has 2 aromatic carbocycles. The highest BCUT2D eigenvalue weighted by atomic mass is 19.3. The minimum Gasteiger partial charge on any atom is -0.206 e. The average Bonchev–Trinajstić information content (AvgIpc) is 2.48. The van der Waals surface area contributed by atoms with E-state index in [2.05, 4.69) is 6.08 Å². The largest absolute Gasteiger partial charge is 0.266 e. The second-order valence-electron chi connectivity index (χ2n) is 5.26. The van der Waals surface area contributed by atoms with Gasteiger partial charge in [0.2, 0.25) is 0 Å². The van der Waals surface area contributed by atoms with Gasteiger partial charge in [0, 0.05) is 5.56 Å². The van der Waals surface area contributed by atoms with Crippen molar-refractivity contribution in [2.75, 3.05) is 0 Å². The molecule has 0 radical (unpaired) electrons. The van der Waals surface area contributed by atoms with Crippen LogP contribution in [0.5, 0.6) is 0 Å².